The van der Waals surface area contributed by atoms with Crippen molar-refractivity contribution in [2.24, 2.45) is 0 Å². The third-order valence-electron chi connectivity index (χ3n) is 5.40. The molecule has 2 aliphatic heterocycles. The van der Waals surface area contributed by atoms with E-state index in [-0.39, 0.29) is 0 Å². The zero-order chi connectivity index (χ0) is 18.6. The SMILES string of the molecule is CCNc1nc2cc(OCCCN3CCCC3)c(OC)cc2c2c1COC2. The summed E-state index contributed by atoms with van der Waals surface area (Å²) in [5, 5.41) is 4.45. The van der Waals surface area contributed by atoms with Crippen LogP contribution in [0.4, 0.5) is 5.82 Å². The fourth-order valence-electron chi connectivity index (χ4n) is 4.01. The molecule has 1 aromatic heterocycles. The molecule has 0 aliphatic carbocycles. The van der Waals surface area contributed by atoms with Gasteiger partial charge in [0.25, 0.3) is 0 Å². The summed E-state index contributed by atoms with van der Waals surface area (Å²) >= 11 is 0. The fraction of sp³-hybridized carbons (Fsp3) is 0.571. The van der Waals surface area contributed by atoms with Gasteiger partial charge in [-0.1, -0.05) is 0 Å². The first kappa shape index (κ1) is 18.3. The van der Waals surface area contributed by atoms with Crippen LogP contribution >= 0.6 is 0 Å². The standard InChI is InChI=1S/C21H29N3O3/c1-3-22-21-17-14-26-13-16(17)15-11-19(25-2)20(12-18(15)23-21)27-10-6-9-24-7-4-5-8-24/h11-12H,3-10,13-14H2,1-2H3,(H,22,23). The Kier molecular flexibility index (Phi) is 5.64. The summed E-state index contributed by atoms with van der Waals surface area (Å²) in [7, 11) is 1.69. The second-order valence-electron chi connectivity index (χ2n) is 7.21. The number of nitrogens with one attached hydrogen (secondary N) is 1. The zero-order valence-corrected chi connectivity index (χ0v) is 16.3. The van der Waals surface area contributed by atoms with Crippen molar-refractivity contribution in [3.05, 3.63) is 23.3 Å². The van der Waals surface area contributed by atoms with E-state index in [0.717, 1.165) is 53.3 Å². The Morgan fingerprint density at radius 2 is 1.96 bits per heavy atom. The van der Waals surface area contributed by atoms with Gasteiger partial charge in [0, 0.05) is 30.1 Å². The van der Waals surface area contributed by atoms with Crippen molar-refractivity contribution in [1.82, 2.24) is 9.88 Å². The first-order valence-electron chi connectivity index (χ1n) is 10.0. The van der Waals surface area contributed by atoms with Crippen molar-refractivity contribution in [1.29, 1.82) is 0 Å². The van der Waals surface area contributed by atoms with Crippen LogP contribution in [0.1, 0.15) is 37.3 Å². The van der Waals surface area contributed by atoms with E-state index in [1.54, 1.807) is 7.11 Å². The van der Waals surface area contributed by atoms with Gasteiger partial charge in [0.05, 0.1) is 32.4 Å². The maximum atomic E-state index is 6.07. The smallest absolute Gasteiger partial charge is 0.163 e. The Morgan fingerprint density at radius 3 is 2.74 bits per heavy atom. The van der Waals surface area contributed by atoms with E-state index in [4.69, 9.17) is 19.2 Å². The Balaban J connectivity index is 1.55. The van der Waals surface area contributed by atoms with Gasteiger partial charge in [-0.2, -0.15) is 0 Å². The maximum Gasteiger partial charge on any atom is 0.163 e. The van der Waals surface area contributed by atoms with Gasteiger partial charge in [-0.25, -0.2) is 4.98 Å². The summed E-state index contributed by atoms with van der Waals surface area (Å²) in [5.74, 6) is 2.44. The average Bonchev–Trinajstić information content (AvgIpc) is 3.37. The molecule has 0 saturated carbocycles. The number of nitrogens with zero attached hydrogens (tertiary/aromatic N) is 2. The molecule has 0 amide bonds. The molecule has 3 heterocycles. The highest BCUT2D eigenvalue weighted by Crippen LogP contribution is 2.38. The number of methoxy groups -OCH3 is 1. The predicted molar refractivity (Wildman–Crippen MR) is 107 cm³/mol. The lowest BCUT2D eigenvalue weighted by atomic mass is 10.0. The summed E-state index contributed by atoms with van der Waals surface area (Å²) < 4.78 is 17.4. The van der Waals surface area contributed by atoms with Crippen molar-refractivity contribution in [2.45, 2.75) is 39.4 Å². The lowest BCUT2D eigenvalue weighted by Gasteiger charge is -2.17. The second-order valence-corrected chi connectivity index (χ2v) is 7.21. The molecule has 4 rings (SSSR count). The quantitative estimate of drug-likeness (QED) is 0.716. The monoisotopic (exact) mass is 371 g/mol. The van der Waals surface area contributed by atoms with Crippen LogP contribution in [0.2, 0.25) is 0 Å². The lowest BCUT2D eigenvalue weighted by Crippen LogP contribution is -2.21. The Morgan fingerprint density at radius 1 is 1.15 bits per heavy atom. The van der Waals surface area contributed by atoms with Crippen LogP contribution < -0.4 is 14.8 Å². The van der Waals surface area contributed by atoms with Gasteiger partial charge < -0.3 is 24.4 Å². The summed E-state index contributed by atoms with van der Waals surface area (Å²) in [6, 6.07) is 4.05. The lowest BCUT2D eigenvalue weighted by molar-refractivity contribution is 0.135. The Labute approximate surface area is 160 Å². The van der Waals surface area contributed by atoms with E-state index in [0.29, 0.717) is 19.8 Å². The second kappa shape index (κ2) is 8.31. The first-order valence-corrected chi connectivity index (χ1v) is 10.0. The summed E-state index contributed by atoms with van der Waals surface area (Å²) in [6.07, 6.45) is 3.68. The van der Waals surface area contributed by atoms with E-state index in [1.165, 1.54) is 31.5 Å². The van der Waals surface area contributed by atoms with Crippen molar-refractivity contribution in [2.75, 3.05) is 45.2 Å². The van der Waals surface area contributed by atoms with Gasteiger partial charge in [0.2, 0.25) is 0 Å². The molecule has 0 unspecified atom stereocenters. The third kappa shape index (κ3) is 3.82. The van der Waals surface area contributed by atoms with Gasteiger partial charge in [-0.15, -0.1) is 0 Å². The largest absolute Gasteiger partial charge is 0.493 e. The van der Waals surface area contributed by atoms with E-state index >= 15 is 0 Å². The Bertz CT molecular complexity index is 803. The van der Waals surface area contributed by atoms with Crippen LogP contribution in [0.15, 0.2) is 12.1 Å². The molecule has 6 heteroatoms. The molecule has 2 aliphatic rings. The molecule has 0 radical (unpaired) electrons. The summed E-state index contributed by atoms with van der Waals surface area (Å²) in [5.41, 5.74) is 3.28. The fourth-order valence-corrected chi connectivity index (χ4v) is 4.01. The van der Waals surface area contributed by atoms with Crippen LogP contribution in [0.25, 0.3) is 10.9 Å². The van der Waals surface area contributed by atoms with E-state index < -0.39 is 0 Å². The topological polar surface area (TPSA) is 55.9 Å². The zero-order valence-electron chi connectivity index (χ0n) is 16.3. The molecule has 1 aromatic carbocycles. The highest BCUT2D eigenvalue weighted by molar-refractivity contribution is 5.89. The minimum atomic E-state index is 0.609. The van der Waals surface area contributed by atoms with Gasteiger partial charge in [-0.05, 0) is 50.9 Å². The van der Waals surface area contributed by atoms with E-state index in [1.807, 2.05) is 12.1 Å². The number of pyridine rings is 1. The maximum absolute atomic E-state index is 6.07. The van der Waals surface area contributed by atoms with Crippen molar-refractivity contribution < 1.29 is 14.2 Å². The molecule has 27 heavy (non-hydrogen) atoms. The molecule has 0 atom stereocenters. The number of benzene rings is 1. The van der Waals surface area contributed by atoms with Crippen LogP contribution in [0.5, 0.6) is 11.5 Å². The minimum absolute atomic E-state index is 0.609. The summed E-state index contributed by atoms with van der Waals surface area (Å²) in [4.78, 5) is 7.34. The highest BCUT2D eigenvalue weighted by Gasteiger charge is 2.22. The van der Waals surface area contributed by atoms with Crippen molar-refractivity contribution in [3.8, 4) is 11.5 Å². The predicted octanol–water partition coefficient (Wildman–Crippen LogP) is 3.57. The number of hydrogen-bond acceptors (Lipinski definition) is 6. The number of aromatic nitrogens is 1. The highest BCUT2D eigenvalue weighted by atomic mass is 16.5. The van der Waals surface area contributed by atoms with Crippen LogP contribution in [-0.2, 0) is 18.0 Å². The third-order valence-corrected chi connectivity index (χ3v) is 5.40. The van der Waals surface area contributed by atoms with Crippen LogP contribution in [0.3, 0.4) is 0 Å². The minimum Gasteiger partial charge on any atom is -0.493 e. The van der Waals surface area contributed by atoms with Crippen molar-refractivity contribution in [3.63, 3.8) is 0 Å². The number of likely N-dealkylation sites (tertiary alicyclic amines) is 1. The van der Waals surface area contributed by atoms with Crippen molar-refractivity contribution >= 4 is 16.7 Å². The molecular weight excluding hydrogens is 342 g/mol. The molecule has 146 valence electrons. The van der Waals surface area contributed by atoms with Gasteiger partial charge in [0.1, 0.15) is 5.82 Å². The molecule has 0 spiro atoms. The number of rotatable bonds is 8. The molecule has 1 fully saturated rings. The van der Waals surface area contributed by atoms with Gasteiger partial charge in [-0.3, -0.25) is 0 Å². The Hall–Kier alpha value is -2.05. The molecule has 2 aromatic rings. The normalized spacial score (nSPS) is 16.7. The van der Waals surface area contributed by atoms with Crippen LogP contribution in [0, 0.1) is 0 Å². The van der Waals surface area contributed by atoms with Crippen LogP contribution in [-0.4, -0.2) is 49.8 Å². The van der Waals surface area contributed by atoms with E-state index in [9.17, 15) is 0 Å². The molecule has 6 nitrogen and oxygen atoms in total. The number of hydrogen-bond donors (Lipinski definition) is 1. The molecule has 0 bridgehead atoms. The number of anilines is 1. The van der Waals surface area contributed by atoms with Gasteiger partial charge >= 0.3 is 0 Å². The van der Waals surface area contributed by atoms with E-state index in [2.05, 4.69) is 17.1 Å². The first-order chi connectivity index (χ1) is 13.3. The summed E-state index contributed by atoms with van der Waals surface area (Å²) in [6.45, 7) is 8.38. The molecule has 1 saturated heterocycles. The molecular formula is C21H29N3O3. The average molecular weight is 371 g/mol. The number of fused-ring (bicyclic) bond motifs is 3. The molecule has 1 N–H and O–H groups in total. The number of ether oxygens (including phenoxy) is 3. The van der Waals surface area contributed by atoms with Gasteiger partial charge in [0.15, 0.2) is 11.5 Å².